The van der Waals surface area contributed by atoms with Gasteiger partial charge in [-0.2, -0.15) is 4.68 Å². The predicted octanol–water partition coefficient (Wildman–Crippen LogP) is 1.45. The second kappa shape index (κ2) is 4.91. The molecular formula is C11H11FN4O2. The van der Waals surface area contributed by atoms with E-state index in [0.29, 0.717) is 12.2 Å². The summed E-state index contributed by atoms with van der Waals surface area (Å²) in [6.45, 7) is 1.95. The molecule has 0 atom stereocenters. The third-order valence-electron chi connectivity index (χ3n) is 2.43. The van der Waals surface area contributed by atoms with Crippen LogP contribution in [0.1, 0.15) is 29.5 Å². The summed E-state index contributed by atoms with van der Waals surface area (Å²) in [7, 11) is 0. The highest BCUT2D eigenvalue weighted by Crippen LogP contribution is 2.16. The third kappa shape index (κ3) is 2.20. The van der Waals surface area contributed by atoms with Crippen molar-refractivity contribution in [3.63, 3.8) is 0 Å². The van der Waals surface area contributed by atoms with Gasteiger partial charge in [0.15, 0.2) is 5.82 Å². The lowest BCUT2D eigenvalue weighted by atomic mass is 10.2. The lowest BCUT2D eigenvalue weighted by Crippen LogP contribution is -2.07. The minimum Gasteiger partial charge on any atom is -0.478 e. The van der Waals surface area contributed by atoms with E-state index in [2.05, 4.69) is 15.5 Å². The fourth-order valence-corrected chi connectivity index (χ4v) is 1.58. The Morgan fingerprint density at radius 3 is 2.94 bits per heavy atom. The molecule has 1 heterocycles. The topological polar surface area (TPSA) is 80.9 Å². The Bertz CT molecular complexity index is 582. The molecule has 0 spiro atoms. The Labute approximate surface area is 102 Å². The minimum absolute atomic E-state index is 0.00986. The first kappa shape index (κ1) is 12.2. The number of halogens is 1. The van der Waals surface area contributed by atoms with Crippen molar-refractivity contribution in [2.24, 2.45) is 0 Å². The molecule has 0 aliphatic rings. The van der Waals surface area contributed by atoms with Gasteiger partial charge in [-0.25, -0.2) is 9.18 Å². The van der Waals surface area contributed by atoms with Crippen LogP contribution in [0.3, 0.4) is 0 Å². The maximum atomic E-state index is 13.7. The predicted molar refractivity (Wildman–Crippen MR) is 60.1 cm³/mol. The van der Waals surface area contributed by atoms with E-state index in [1.807, 2.05) is 6.92 Å². The minimum atomic E-state index is -1.12. The van der Waals surface area contributed by atoms with E-state index >= 15 is 0 Å². The molecule has 2 aromatic rings. The monoisotopic (exact) mass is 250 g/mol. The molecule has 18 heavy (non-hydrogen) atoms. The zero-order chi connectivity index (χ0) is 13.1. The van der Waals surface area contributed by atoms with E-state index < -0.39 is 11.8 Å². The molecule has 0 aliphatic carbocycles. The summed E-state index contributed by atoms with van der Waals surface area (Å²) in [6.07, 6.45) is 1.39. The van der Waals surface area contributed by atoms with Gasteiger partial charge in [0.1, 0.15) is 11.5 Å². The number of rotatable bonds is 4. The van der Waals surface area contributed by atoms with E-state index in [4.69, 9.17) is 5.11 Å². The van der Waals surface area contributed by atoms with E-state index in [0.717, 1.165) is 12.5 Å². The summed E-state index contributed by atoms with van der Waals surface area (Å²) in [5.41, 5.74) is 0.0349. The maximum Gasteiger partial charge on any atom is 0.335 e. The van der Waals surface area contributed by atoms with Crippen LogP contribution in [-0.4, -0.2) is 31.3 Å². The zero-order valence-electron chi connectivity index (χ0n) is 9.67. The van der Waals surface area contributed by atoms with Gasteiger partial charge in [0.25, 0.3) is 0 Å². The molecule has 6 nitrogen and oxygen atoms in total. The Hall–Kier alpha value is -2.31. The number of aromatic nitrogens is 4. The molecule has 1 aromatic heterocycles. The molecule has 0 radical (unpaired) electrons. The average molecular weight is 250 g/mol. The number of carboxylic acid groups (broad SMARTS) is 1. The summed E-state index contributed by atoms with van der Waals surface area (Å²) < 4.78 is 14.9. The van der Waals surface area contributed by atoms with Gasteiger partial charge in [0.05, 0.1) is 5.56 Å². The van der Waals surface area contributed by atoms with Crippen LogP contribution < -0.4 is 0 Å². The van der Waals surface area contributed by atoms with E-state index in [1.165, 1.54) is 16.8 Å². The van der Waals surface area contributed by atoms with Crippen LogP contribution in [0.5, 0.6) is 0 Å². The van der Waals surface area contributed by atoms with Gasteiger partial charge in [-0.3, -0.25) is 0 Å². The number of aromatic carboxylic acids is 1. The van der Waals surface area contributed by atoms with Gasteiger partial charge in [-0.05, 0) is 35.0 Å². The average Bonchev–Trinajstić information content (AvgIpc) is 2.78. The third-order valence-corrected chi connectivity index (χ3v) is 2.43. The first-order valence-electron chi connectivity index (χ1n) is 5.44. The molecule has 7 heteroatoms. The number of nitrogens with zero attached hydrogens (tertiary/aromatic N) is 4. The molecular weight excluding hydrogens is 239 g/mol. The number of carboxylic acids is 1. The van der Waals surface area contributed by atoms with Crippen LogP contribution in [0, 0.1) is 5.82 Å². The normalized spacial score (nSPS) is 10.6. The van der Waals surface area contributed by atoms with Crippen LogP contribution in [0.2, 0.25) is 0 Å². The molecule has 1 aromatic carbocycles. The fourth-order valence-electron chi connectivity index (χ4n) is 1.58. The molecule has 0 amide bonds. The second-order valence-electron chi connectivity index (χ2n) is 3.73. The van der Waals surface area contributed by atoms with Gasteiger partial charge in [-0.1, -0.05) is 6.92 Å². The number of tetrazole rings is 1. The van der Waals surface area contributed by atoms with Crippen molar-refractivity contribution in [1.82, 2.24) is 20.2 Å². The van der Waals surface area contributed by atoms with Crippen molar-refractivity contribution in [1.29, 1.82) is 0 Å². The molecule has 94 valence electrons. The number of benzene rings is 1. The highest BCUT2D eigenvalue weighted by Gasteiger charge is 2.14. The van der Waals surface area contributed by atoms with Gasteiger partial charge < -0.3 is 5.11 Å². The molecule has 0 bridgehead atoms. The summed E-state index contributed by atoms with van der Waals surface area (Å²) in [6, 6.07) is 3.51. The first-order chi connectivity index (χ1) is 8.63. The van der Waals surface area contributed by atoms with Crippen LogP contribution in [-0.2, 0) is 6.42 Å². The second-order valence-corrected chi connectivity index (χ2v) is 3.73. The maximum absolute atomic E-state index is 13.7. The first-order valence-corrected chi connectivity index (χ1v) is 5.44. The Balaban J connectivity index is 2.52. The van der Waals surface area contributed by atoms with E-state index in [-0.39, 0.29) is 11.3 Å². The quantitative estimate of drug-likeness (QED) is 0.888. The van der Waals surface area contributed by atoms with Crippen molar-refractivity contribution in [2.45, 2.75) is 19.8 Å². The Morgan fingerprint density at radius 2 is 2.28 bits per heavy atom. The van der Waals surface area contributed by atoms with Crippen molar-refractivity contribution < 1.29 is 14.3 Å². The Morgan fingerprint density at radius 1 is 1.50 bits per heavy atom. The van der Waals surface area contributed by atoms with Crippen LogP contribution in [0.15, 0.2) is 18.2 Å². The molecule has 0 fully saturated rings. The largest absolute Gasteiger partial charge is 0.478 e. The molecule has 1 N–H and O–H groups in total. The number of hydrogen-bond acceptors (Lipinski definition) is 4. The van der Waals surface area contributed by atoms with Gasteiger partial charge in [0.2, 0.25) is 0 Å². The molecule has 0 saturated heterocycles. The van der Waals surface area contributed by atoms with Gasteiger partial charge >= 0.3 is 5.97 Å². The molecule has 0 saturated carbocycles. The summed E-state index contributed by atoms with van der Waals surface area (Å²) in [4.78, 5) is 10.9. The van der Waals surface area contributed by atoms with Gasteiger partial charge in [-0.15, -0.1) is 5.10 Å². The number of carbonyl (C=O) groups is 1. The van der Waals surface area contributed by atoms with Crippen molar-refractivity contribution >= 4 is 5.97 Å². The van der Waals surface area contributed by atoms with Gasteiger partial charge in [0, 0.05) is 6.42 Å². The van der Waals surface area contributed by atoms with Crippen molar-refractivity contribution in [3.8, 4) is 5.69 Å². The molecule has 2 rings (SSSR count). The lowest BCUT2D eigenvalue weighted by Gasteiger charge is -2.06. The summed E-state index contributed by atoms with van der Waals surface area (Å²) in [5, 5.41) is 19.8. The van der Waals surface area contributed by atoms with Crippen molar-refractivity contribution in [2.75, 3.05) is 0 Å². The number of aryl methyl sites for hydroxylation is 1. The van der Waals surface area contributed by atoms with Crippen molar-refractivity contribution in [3.05, 3.63) is 35.4 Å². The van der Waals surface area contributed by atoms with E-state index in [1.54, 1.807) is 0 Å². The molecule has 0 aliphatic heterocycles. The SMILES string of the molecule is CCCc1nnnn1-c1cc(C(=O)O)ccc1F. The zero-order valence-corrected chi connectivity index (χ0v) is 9.67. The van der Waals surface area contributed by atoms with Crippen LogP contribution in [0.4, 0.5) is 4.39 Å². The molecule has 0 unspecified atom stereocenters. The number of hydrogen-bond donors (Lipinski definition) is 1. The standard InChI is InChI=1S/C11H11FN4O2/c1-2-3-10-13-14-15-16(10)9-6-7(11(17)18)4-5-8(9)12/h4-6H,2-3H2,1H3,(H,17,18). The smallest absolute Gasteiger partial charge is 0.335 e. The van der Waals surface area contributed by atoms with Crippen LogP contribution >= 0.6 is 0 Å². The Kier molecular flexibility index (Phi) is 3.31. The fraction of sp³-hybridized carbons (Fsp3) is 0.273. The van der Waals surface area contributed by atoms with E-state index in [9.17, 15) is 9.18 Å². The highest BCUT2D eigenvalue weighted by atomic mass is 19.1. The lowest BCUT2D eigenvalue weighted by molar-refractivity contribution is 0.0697. The van der Waals surface area contributed by atoms with Crippen LogP contribution in [0.25, 0.3) is 5.69 Å². The summed E-state index contributed by atoms with van der Waals surface area (Å²) in [5.74, 6) is -1.19. The summed E-state index contributed by atoms with van der Waals surface area (Å²) >= 11 is 0. The highest BCUT2D eigenvalue weighted by molar-refractivity contribution is 5.88.